The number of hydrogen-bond acceptors (Lipinski definition) is 4. The van der Waals surface area contributed by atoms with Crippen LogP contribution in [0.25, 0.3) is 0 Å². The van der Waals surface area contributed by atoms with Gasteiger partial charge in [0.25, 0.3) is 0 Å². The van der Waals surface area contributed by atoms with Gasteiger partial charge in [0.1, 0.15) is 11.7 Å². The van der Waals surface area contributed by atoms with Gasteiger partial charge in [-0.3, -0.25) is 5.41 Å². The van der Waals surface area contributed by atoms with E-state index in [1.807, 2.05) is 0 Å². The third kappa shape index (κ3) is 2.50. The lowest BCUT2D eigenvalue weighted by molar-refractivity contribution is 0.266. The number of rotatable bonds is 3. The predicted octanol–water partition coefficient (Wildman–Crippen LogP) is 1.24. The minimum Gasteiger partial charge on any atom is -0.384 e. The number of aryl methyl sites for hydroxylation is 2. The fraction of sp³-hybridized carbons (Fsp3) is 0.625. The van der Waals surface area contributed by atoms with Gasteiger partial charge < -0.3 is 15.5 Å². The quantitative estimate of drug-likeness (QED) is 0.648. The van der Waals surface area contributed by atoms with Crippen LogP contribution in [0, 0.1) is 11.3 Å². The van der Waals surface area contributed by atoms with Crippen LogP contribution < -0.4 is 10.6 Å². The molecule has 0 saturated carbocycles. The lowest BCUT2D eigenvalue weighted by Gasteiger charge is -2.24. The second-order valence-electron chi connectivity index (χ2n) is 6.65. The van der Waals surface area contributed by atoms with Crippen molar-refractivity contribution in [3.63, 3.8) is 0 Å². The number of anilines is 1. The highest BCUT2D eigenvalue weighted by atomic mass is 15.3. The van der Waals surface area contributed by atoms with Gasteiger partial charge in [-0.25, -0.2) is 4.98 Å². The molecule has 1 aliphatic carbocycles. The van der Waals surface area contributed by atoms with Crippen LogP contribution in [0.4, 0.5) is 5.82 Å². The number of likely N-dealkylation sites (N-methyl/N-ethyl adjacent to an activating group) is 1. The molecule has 0 bridgehead atoms. The molecule has 2 atom stereocenters. The van der Waals surface area contributed by atoms with Gasteiger partial charge in [0.15, 0.2) is 0 Å². The molecule has 114 valence electrons. The minimum atomic E-state index is 0.133. The number of nitrogens with zero attached hydrogens (tertiary/aromatic N) is 3. The summed E-state index contributed by atoms with van der Waals surface area (Å²) in [5, 5.41) is 7.89. The first-order chi connectivity index (χ1) is 9.97. The van der Waals surface area contributed by atoms with Crippen molar-refractivity contribution in [1.29, 1.82) is 5.41 Å². The number of nitrogens with two attached hydrogens (primary N) is 1. The smallest absolute Gasteiger partial charge is 0.139 e. The van der Waals surface area contributed by atoms with Crippen LogP contribution in [-0.4, -0.2) is 48.9 Å². The molecule has 0 aromatic carbocycles. The van der Waals surface area contributed by atoms with Gasteiger partial charge >= 0.3 is 0 Å². The third-order valence-electron chi connectivity index (χ3n) is 4.86. The molecule has 1 aromatic heterocycles. The zero-order valence-electron chi connectivity index (χ0n) is 13.2. The van der Waals surface area contributed by atoms with E-state index in [2.05, 4.69) is 36.9 Å². The van der Waals surface area contributed by atoms with Gasteiger partial charge in [-0.15, -0.1) is 0 Å². The summed E-state index contributed by atoms with van der Waals surface area (Å²) in [6.07, 6.45) is 3.29. The van der Waals surface area contributed by atoms with Crippen molar-refractivity contribution in [2.75, 3.05) is 32.1 Å². The van der Waals surface area contributed by atoms with Crippen molar-refractivity contribution >= 4 is 11.7 Å². The SMILES string of the molecule is CC1CN(c2nc3c(cc2C(=N)N)CCC3)CC1N(C)C. The van der Waals surface area contributed by atoms with Crippen LogP contribution in [0.3, 0.4) is 0 Å². The maximum atomic E-state index is 7.89. The fourth-order valence-corrected chi connectivity index (χ4v) is 3.70. The number of hydrogen-bond donors (Lipinski definition) is 2. The maximum absolute atomic E-state index is 7.89. The number of amidine groups is 1. The number of nitrogen functional groups attached to an aromatic ring is 1. The fourth-order valence-electron chi connectivity index (χ4n) is 3.70. The van der Waals surface area contributed by atoms with E-state index in [-0.39, 0.29) is 5.84 Å². The molecule has 2 heterocycles. The van der Waals surface area contributed by atoms with Crippen LogP contribution >= 0.6 is 0 Å². The lowest BCUT2D eigenvalue weighted by Crippen LogP contribution is -2.34. The first-order valence-corrected chi connectivity index (χ1v) is 7.76. The van der Waals surface area contributed by atoms with Gasteiger partial charge in [-0.1, -0.05) is 6.92 Å². The van der Waals surface area contributed by atoms with Crippen molar-refractivity contribution < 1.29 is 0 Å². The summed E-state index contributed by atoms with van der Waals surface area (Å²) in [5.74, 6) is 1.64. The predicted molar refractivity (Wildman–Crippen MR) is 86.1 cm³/mol. The summed E-state index contributed by atoms with van der Waals surface area (Å²) < 4.78 is 0. The topological polar surface area (TPSA) is 69.2 Å². The van der Waals surface area contributed by atoms with Crippen LogP contribution in [0.15, 0.2) is 6.07 Å². The van der Waals surface area contributed by atoms with Crippen LogP contribution in [0.1, 0.15) is 30.2 Å². The molecule has 0 spiro atoms. The van der Waals surface area contributed by atoms with E-state index < -0.39 is 0 Å². The van der Waals surface area contributed by atoms with E-state index in [1.165, 1.54) is 17.7 Å². The highest BCUT2D eigenvalue weighted by Crippen LogP contribution is 2.31. The van der Waals surface area contributed by atoms with Gasteiger partial charge in [0.05, 0.1) is 5.56 Å². The van der Waals surface area contributed by atoms with E-state index in [9.17, 15) is 0 Å². The Morgan fingerprint density at radius 3 is 2.76 bits per heavy atom. The molecule has 3 rings (SSSR count). The zero-order valence-corrected chi connectivity index (χ0v) is 13.2. The van der Waals surface area contributed by atoms with E-state index in [4.69, 9.17) is 16.1 Å². The van der Waals surface area contributed by atoms with Gasteiger partial charge in [0.2, 0.25) is 0 Å². The highest BCUT2D eigenvalue weighted by molar-refractivity contribution is 6.00. The van der Waals surface area contributed by atoms with Gasteiger partial charge in [-0.05, 0) is 50.9 Å². The van der Waals surface area contributed by atoms with E-state index >= 15 is 0 Å². The molecule has 5 nitrogen and oxygen atoms in total. The average Bonchev–Trinajstić information content (AvgIpc) is 3.02. The molecule has 21 heavy (non-hydrogen) atoms. The number of aromatic nitrogens is 1. The van der Waals surface area contributed by atoms with Crippen molar-refractivity contribution in [2.24, 2.45) is 11.7 Å². The zero-order chi connectivity index (χ0) is 15.1. The Hall–Kier alpha value is -1.62. The normalized spacial score (nSPS) is 24.7. The third-order valence-corrected chi connectivity index (χ3v) is 4.86. The average molecular weight is 287 g/mol. The first kappa shape index (κ1) is 14.3. The van der Waals surface area contributed by atoms with E-state index in [1.54, 1.807) is 0 Å². The Bertz CT molecular complexity index is 566. The minimum absolute atomic E-state index is 0.133. The molecule has 2 aliphatic rings. The Balaban J connectivity index is 1.97. The first-order valence-electron chi connectivity index (χ1n) is 7.76. The Morgan fingerprint density at radius 2 is 2.14 bits per heavy atom. The number of nitrogens with one attached hydrogen (secondary N) is 1. The molecule has 1 aromatic rings. The molecule has 3 N–H and O–H groups in total. The molecule has 5 heteroatoms. The molecular formula is C16H25N5. The summed E-state index contributed by atoms with van der Waals surface area (Å²) in [4.78, 5) is 9.46. The van der Waals surface area contributed by atoms with Crippen molar-refractivity contribution in [3.8, 4) is 0 Å². The molecular weight excluding hydrogens is 262 g/mol. The standard InChI is InChI=1S/C16H25N5/c1-10-8-21(9-14(10)20(2)3)16-12(15(17)18)7-11-5-4-6-13(11)19-16/h7,10,14H,4-6,8-9H2,1-3H3,(H3,17,18). The number of fused-ring (bicyclic) bond motifs is 1. The Kier molecular flexibility index (Phi) is 3.61. The Morgan fingerprint density at radius 1 is 1.38 bits per heavy atom. The van der Waals surface area contributed by atoms with E-state index in [0.717, 1.165) is 37.3 Å². The highest BCUT2D eigenvalue weighted by Gasteiger charge is 2.33. The van der Waals surface area contributed by atoms with Crippen LogP contribution in [0.2, 0.25) is 0 Å². The monoisotopic (exact) mass is 287 g/mol. The Labute approximate surface area is 126 Å². The molecule has 2 unspecified atom stereocenters. The van der Waals surface area contributed by atoms with Crippen LogP contribution in [0.5, 0.6) is 0 Å². The maximum Gasteiger partial charge on any atom is 0.139 e. The summed E-state index contributed by atoms with van der Waals surface area (Å²) in [6.45, 7) is 4.22. The van der Waals surface area contributed by atoms with Crippen molar-refractivity contribution in [1.82, 2.24) is 9.88 Å². The molecule has 1 aliphatic heterocycles. The number of pyridine rings is 1. The van der Waals surface area contributed by atoms with Gasteiger partial charge in [0, 0.05) is 24.8 Å². The van der Waals surface area contributed by atoms with Crippen molar-refractivity contribution in [2.45, 2.75) is 32.2 Å². The van der Waals surface area contributed by atoms with Gasteiger partial charge in [-0.2, -0.15) is 0 Å². The van der Waals surface area contributed by atoms with Crippen molar-refractivity contribution in [3.05, 3.63) is 22.9 Å². The second kappa shape index (κ2) is 5.30. The summed E-state index contributed by atoms with van der Waals surface area (Å²) in [5.41, 5.74) is 9.10. The summed E-state index contributed by atoms with van der Waals surface area (Å²) in [6, 6.07) is 2.63. The summed E-state index contributed by atoms with van der Waals surface area (Å²) >= 11 is 0. The molecule has 0 radical (unpaired) electrons. The largest absolute Gasteiger partial charge is 0.384 e. The summed E-state index contributed by atoms with van der Waals surface area (Å²) in [7, 11) is 4.26. The molecule has 1 saturated heterocycles. The molecule has 1 fully saturated rings. The second-order valence-corrected chi connectivity index (χ2v) is 6.65. The van der Waals surface area contributed by atoms with Crippen LogP contribution in [-0.2, 0) is 12.8 Å². The molecule has 0 amide bonds. The van der Waals surface area contributed by atoms with E-state index in [0.29, 0.717) is 12.0 Å². The lowest BCUT2D eigenvalue weighted by atomic mass is 10.1.